The summed E-state index contributed by atoms with van der Waals surface area (Å²) >= 11 is 5.86. The Morgan fingerprint density at radius 1 is 1.06 bits per heavy atom. The number of aromatic nitrogens is 3. The molecule has 1 aliphatic rings. The molecule has 1 aliphatic heterocycles. The van der Waals surface area contributed by atoms with Crippen LogP contribution in [-0.2, 0) is 19.6 Å². The molecule has 0 aliphatic carbocycles. The summed E-state index contributed by atoms with van der Waals surface area (Å²) in [6.07, 6.45) is 4.38. The lowest BCUT2D eigenvalue weighted by atomic mass is 10.2. The standard InChI is InChI=1S/C26H27ClN4O2/c1-18(2)29-9-7-23-14-19-13-22(5-6-25(19)30(23)12-11-29)31-10-8-24(15-26(31)32)33-17-21-4-3-20(27)16-28-21/h3-6,8,10,13-16,18H,7,9,11-12,17H2,1-2H3. The van der Waals surface area contributed by atoms with Crippen molar-refractivity contribution in [3.63, 3.8) is 0 Å². The molecule has 7 heteroatoms. The molecule has 5 rings (SSSR count). The van der Waals surface area contributed by atoms with E-state index in [0.29, 0.717) is 16.8 Å². The second kappa shape index (κ2) is 9.04. The van der Waals surface area contributed by atoms with E-state index in [1.165, 1.54) is 22.7 Å². The van der Waals surface area contributed by atoms with Crippen molar-refractivity contribution in [1.82, 2.24) is 19.0 Å². The molecule has 3 aromatic heterocycles. The summed E-state index contributed by atoms with van der Waals surface area (Å²) < 4.78 is 9.81. The van der Waals surface area contributed by atoms with Gasteiger partial charge in [0.25, 0.3) is 5.56 Å². The first-order chi connectivity index (χ1) is 16.0. The van der Waals surface area contributed by atoms with Gasteiger partial charge in [0, 0.05) is 72.8 Å². The van der Waals surface area contributed by atoms with Crippen LogP contribution in [0.15, 0.2) is 65.7 Å². The first kappa shape index (κ1) is 21.7. The highest BCUT2D eigenvalue weighted by atomic mass is 35.5. The highest BCUT2D eigenvalue weighted by Gasteiger charge is 2.18. The Morgan fingerprint density at radius 2 is 1.94 bits per heavy atom. The van der Waals surface area contributed by atoms with Crippen LogP contribution in [0, 0.1) is 0 Å². The van der Waals surface area contributed by atoms with Gasteiger partial charge in [0.2, 0.25) is 0 Å². The molecule has 33 heavy (non-hydrogen) atoms. The Morgan fingerprint density at radius 3 is 2.70 bits per heavy atom. The Hall–Kier alpha value is -3.09. The Labute approximate surface area is 198 Å². The lowest BCUT2D eigenvalue weighted by Gasteiger charge is -2.23. The van der Waals surface area contributed by atoms with E-state index in [1.807, 2.05) is 6.07 Å². The molecule has 0 spiro atoms. The average Bonchev–Trinajstić information content (AvgIpc) is 3.01. The van der Waals surface area contributed by atoms with Crippen molar-refractivity contribution in [1.29, 1.82) is 0 Å². The molecule has 6 nitrogen and oxygen atoms in total. The van der Waals surface area contributed by atoms with Crippen molar-refractivity contribution in [3.05, 3.63) is 87.7 Å². The number of halogens is 1. The summed E-state index contributed by atoms with van der Waals surface area (Å²) in [6, 6.07) is 16.0. The molecule has 0 fully saturated rings. The fourth-order valence-electron chi connectivity index (χ4n) is 4.46. The second-order valence-corrected chi connectivity index (χ2v) is 9.17. The van der Waals surface area contributed by atoms with Gasteiger partial charge in [0.1, 0.15) is 12.4 Å². The van der Waals surface area contributed by atoms with Crippen molar-refractivity contribution in [2.75, 3.05) is 13.1 Å². The summed E-state index contributed by atoms with van der Waals surface area (Å²) in [4.78, 5) is 19.5. The Bertz CT molecular complexity index is 1340. The molecule has 0 unspecified atom stereocenters. The summed E-state index contributed by atoms with van der Waals surface area (Å²) in [6.45, 7) is 7.92. The van der Waals surface area contributed by atoms with Crippen LogP contribution in [0.2, 0.25) is 5.02 Å². The van der Waals surface area contributed by atoms with E-state index in [4.69, 9.17) is 16.3 Å². The zero-order valence-electron chi connectivity index (χ0n) is 18.9. The van der Waals surface area contributed by atoms with Crippen LogP contribution in [0.25, 0.3) is 16.6 Å². The smallest absolute Gasteiger partial charge is 0.258 e. The Kier molecular flexibility index (Phi) is 5.96. The number of pyridine rings is 2. The largest absolute Gasteiger partial charge is 0.487 e. The SMILES string of the molecule is CC(C)N1CCc2cc3cc(-n4ccc(OCc5ccc(Cl)cn5)cc4=O)ccc3n2CC1. The van der Waals surface area contributed by atoms with E-state index >= 15 is 0 Å². The van der Waals surface area contributed by atoms with Crippen molar-refractivity contribution in [2.45, 2.75) is 39.5 Å². The van der Waals surface area contributed by atoms with Crippen LogP contribution in [-0.4, -0.2) is 38.1 Å². The molecule has 170 valence electrons. The van der Waals surface area contributed by atoms with E-state index in [0.717, 1.165) is 37.4 Å². The third kappa shape index (κ3) is 4.54. The average molecular weight is 463 g/mol. The molecule has 0 amide bonds. The predicted molar refractivity (Wildman–Crippen MR) is 132 cm³/mol. The van der Waals surface area contributed by atoms with Gasteiger partial charge >= 0.3 is 0 Å². The maximum atomic E-state index is 12.8. The third-order valence-electron chi connectivity index (χ3n) is 6.31. The zero-order chi connectivity index (χ0) is 22.9. The quantitative estimate of drug-likeness (QED) is 0.432. The van der Waals surface area contributed by atoms with Gasteiger partial charge in [-0.1, -0.05) is 11.6 Å². The first-order valence-electron chi connectivity index (χ1n) is 11.3. The van der Waals surface area contributed by atoms with Gasteiger partial charge in [-0.25, -0.2) is 0 Å². The van der Waals surface area contributed by atoms with Crippen molar-refractivity contribution in [2.24, 2.45) is 0 Å². The molecule has 0 saturated heterocycles. The van der Waals surface area contributed by atoms with E-state index in [-0.39, 0.29) is 12.2 Å². The number of hydrogen-bond acceptors (Lipinski definition) is 4. The highest BCUT2D eigenvalue weighted by Crippen LogP contribution is 2.25. The van der Waals surface area contributed by atoms with Crippen LogP contribution in [0.5, 0.6) is 5.75 Å². The third-order valence-corrected chi connectivity index (χ3v) is 6.54. The Balaban J connectivity index is 1.36. The molecule has 4 heterocycles. The minimum absolute atomic E-state index is 0.135. The van der Waals surface area contributed by atoms with E-state index in [1.54, 1.807) is 35.2 Å². The number of hydrogen-bond donors (Lipinski definition) is 0. The van der Waals surface area contributed by atoms with Crippen molar-refractivity contribution in [3.8, 4) is 11.4 Å². The van der Waals surface area contributed by atoms with E-state index < -0.39 is 0 Å². The monoisotopic (exact) mass is 462 g/mol. The summed E-state index contributed by atoms with van der Waals surface area (Å²) in [5, 5.41) is 1.75. The number of nitrogens with zero attached hydrogens (tertiary/aromatic N) is 4. The van der Waals surface area contributed by atoms with Gasteiger partial charge in [-0.2, -0.15) is 0 Å². The van der Waals surface area contributed by atoms with Crippen LogP contribution < -0.4 is 10.3 Å². The predicted octanol–water partition coefficient (Wildman–Crippen LogP) is 4.69. The normalized spacial score (nSPS) is 14.4. The number of fused-ring (bicyclic) bond motifs is 3. The zero-order valence-corrected chi connectivity index (χ0v) is 19.6. The molecule has 0 radical (unpaired) electrons. The highest BCUT2D eigenvalue weighted by molar-refractivity contribution is 6.30. The van der Waals surface area contributed by atoms with Crippen LogP contribution in [0.1, 0.15) is 25.2 Å². The fourth-order valence-corrected chi connectivity index (χ4v) is 4.58. The topological polar surface area (TPSA) is 52.3 Å². The maximum absolute atomic E-state index is 12.8. The lowest BCUT2D eigenvalue weighted by molar-refractivity contribution is 0.227. The molecule has 4 aromatic rings. The van der Waals surface area contributed by atoms with Crippen LogP contribution in [0.4, 0.5) is 0 Å². The van der Waals surface area contributed by atoms with Gasteiger partial charge < -0.3 is 9.30 Å². The first-order valence-corrected chi connectivity index (χ1v) is 11.7. The number of rotatable bonds is 5. The van der Waals surface area contributed by atoms with Gasteiger partial charge in [-0.05, 0) is 56.3 Å². The summed E-state index contributed by atoms with van der Waals surface area (Å²) in [5.74, 6) is 0.513. The van der Waals surface area contributed by atoms with Crippen LogP contribution >= 0.6 is 11.6 Å². The fraction of sp³-hybridized carbons (Fsp3) is 0.308. The lowest BCUT2D eigenvalue weighted by Crippen LogP contribution is -2.33. The minimum atomic E-state index is -0.135. The molecule has 1 aromatic carbocycles. The molecule has 0 atom stereocenters. The van der Waals surface area contributed by atoms with Gasteiger partial charge in [-0.3, -0.25) is 19.2 Å². The maximum Gasteiger partial charge on any atom is 0.258 e. The number of benzene rings is 1. The van der Waals surface area contributed by atoms with Gasteiger partial charge in [0.15, 0.2) is 0 Å². The van der Waals surface area contributed by atoms with Crippen molar-refractivity contribution >= 4 is 22.5 Å². The van der Waals surface area contributed by atoms with Crippen LogP contribution in [0.3, 0.4) is 0 Å². The molecule has 0 bridgehead atoms. The van der Waals surface area contributed by atoms with E-state index in [9.17, 15) is 4.79 Å². The summed E-state index contributed by atoms with van der Waals surface area (Å²) in [5.41, 5.74) is 4.05. The van der Waals surface area contributed by atoms with Gasteiger partial charge in [-0.15, -0.1) is 0 Å². The molecular weight excluding hydrogens is 436 g/mol. The summed E-state index contributed by atoms with van der Waals surface area (Å²) in [7, 11) is 0. The molecule has 0 saturated carbocycles. The van der Waals surface area contributed by atoms with Gasteiger partial charge in [0.05, 0.1) is 10.7 Å². The van der Waals surface area contributed by atoms with Crippen molar-refractivity contribution < 1.29 is 4.74 Å². The molecular formula is C26H27ClN4O2. The second-order valence-electron chi connectivity index (χ2n) is 8.74. The number of ether oxygens (including phenoxy) is 1. The van der Waals surface area contributed by atoms with E-state index in [2.05, 4.69) is 46.5 Å². The minimum Gasteiger partial charge on any atom is -0.487 e. The molecule has 0 N–H and O–H groups in total.